The molecule has 2 aromatic carbocycles. The number of aryl methyl sites for hydroxylation is 2. The molecule has 0 spiro atoms. The molecule has 15 heteroatoms. The third kappa shape index (κ3) is 8.63. The van der Waals surface area contributed by atoms with Crippen molar-refractivity contribution in [3.8, 4) is 17.1 Å². The highest BCUT2D eigenvalue weighted by Gasteiger charge is 2.63. The van der Waals surface area contributed by atoms with Crippen molar-refractivity contribution in [1.29, 1.82) is 0 Å². The number of halogens is 3. The number of benzene rings is 2. The van der Waals surface area contributed by atoms with Crippen LogP contribution in [0.3, 0.4) is 0 Å². The van der Waals surface area contributed by atoms with E-state index in [-0.39, 0.29) is 60.2 Å². The van der Waals surface area contributed by atoms with Crippen molar-refractivity contribution in [3.05, 3.63) is 65.2 Å². The van der Waals surface area contributed by atoms with Crippen molar-refractivity contribution in [3.63, 3.8) is 0 Å². The van der Waals surface area contributed by atoms with Crippen molar-refractivity contribution in [1.82, 2.24) is 19.8 Å². The summed E-state index contributed by atoms with van der Waals surface area (Å²) in [4.78, 5) is 35.6. The van der Waals surface area contributed by atoms with Gasteiger partial charge in [-0.2, -0.15) is 18.2 Å². The minimum atomic E-state index is -4.37. The Hall–Kier alpha value is -4.24. The van der Waals surface area contributed by atoms with Crippen LogP contribution in [-0.2, 0) is 14.8 Å². The minimum absolute atomic E-state index is 0.0133. The van der Waals surface area contributed by atoms with Crippen LogP contribution < -0.4 is 9.46 Å². The number of carbonyl (C=O) groups is 2. The van der Waals surface area contributed by atoms with E-state index in [9.17, 15) is 31.2 Å². The zero-order chi connectivity index (χ0) is 37.1. The zero-order valence-electron chi connectivity index (χ0n) is 29.4. The lowest BCUT2D eigenvalue weighted by atomic mass is 9.87. The van der Waals surface area contributed by atoms with E-state index in [1.54, 1.807) is 18.0 Å². The highest BCUT2D eigenvalue weighted by atomic mass is 32.2. The number of nitrogens with one attached hydrogen (secondary N) is 1. The molecule has 1 amide bonds. The summed E-state index contributed by atoms with van der Waals surface area (Å²) in [7, 11) is 0.572. The number of methoxy groups -OCH3 is 1. The fraction of sp³-hybridized carbons (Fsp3) is 0.500. The highest BCUT2D eigenvalue weighted by Crippen LogP contribution is 2.61. The Kier molecular flexibility index (Phi) is 11.3. The minimum Gasteiger partial charge on any atom is -0.476 e. The number of sulfonamides is 1. The summed E-state index contributed by atoms with van der Waals surface area (Å²) in [5, 5.41) is 0. The third-order valence-corrected chi connectivity index (χ3v) is 11.6. The topological polar surface area (TPSA) is 131 Å². The number of likely N-dealkylation sites (N-methyl/N-ethyl adjacent to an activating group) is 1. The summed E-state index contributed by atoms with van der Waals surface area (Å²) >= 11 is 0. The number of hydrogen-bond donors (Lipinski definition) is 1. The first kappa shape index (κ1) is 38.0. The number of alkyl halides is 3. The van der Waals surface area contributed by atoms with Crippen LogP contribution in [-0.4, -0.2) is 92.7 Å². The fourth-order valence-electron chi connectivity index (χ4n) is 6.98. The van der Waals surface area contributed by atoms with Crippen molar-refractivity contribution >= 4 is 28.4 Å². The van der Waals surface area contributed by atoms with Gasteiger partial charge in [-0.15, -0.1) is 0 Å². The molecule has 2 saturated carbocycles. The van der Waals surface area contributed by atoms with Gasteiger partial charge in [0.05, 0.1) is 23.1 Å². The Morgan fingerprint density at radius 3 is 2.24 bits per heavy atom. The molecule has 2 fully saturated rings. The second kappa shape index (κ2) is 15.2. The Morgan fingerprint density at radius 2 is 1.65 bits per heavy atom. The standard InChI is InChI=1S/C36H44F3N5O6S/c1-23-8-6-9-24(2)32(23)30-19-31(41-33(40-30)42-51(47,48)29-11-7-10-25(18-29)21-45)50-22-28(20-35(16-17-35)36(37,38)39)43(3)26-12-14-27(15-13-26)44(4)34(46)49-5/h6-11,18-19,21,26-28H,12-17,20,22H2,1-5H3,(H,40,41,42)/t26-,27+,28-/m1/s1. The molecule has 1 N–H and O–H groups in total. The number of aldehydes is 1. The maximum absolute atomic E-state index is 14.3. The smallest absolute Gasteiger partial charge is 0.409 e. The lowest BCUT2D eigenvalue weighted by Gasteiger charge is -2.41. The molecule has 3 aromatic rings. The van der Waals surface area contributed by atoms with Crippen molar-refractivity contribution in [2.45, 2.75) is 88.0 Å². The Labute approximate surface area is 296 Å². The molecule has 5 rings (SSSR count). The van der Waals surface area contributed by atoms with Crippen LogP contribution in [0.5, 0.6) is 5.88 Å². The molecule has 11 nitrogen and oxygen atoms in total. The van der Waals surface area contributed by atoms with Gasteiger partial charge in [0, 0.05) is 42.4 Å². The van der Waals surface area contributed by atoms with Crippen molar-refractivity contribution in [2.24, 2.45) is 5.41 Å². The molecule has 0 unspecified atom stereocenters. The van der Waals surface area contributed by atoms with Gasteiger partial charge in [-0.05, 0) is 89.1 Å². The van der Waals surface area contributed by atoms with Crippen LogP contribution in [0.2, 0.25) is 0 Å². The molecule has 2 aliphatic carbocycles. The number of hydrogen-bond acceptors (Lipinski definition) is 9. The highest BCUT2D eigenvalue weighted by molar-refractivity contribution is 7.92. The fourth-order valence-corrected chi connectivity index (χ4v) is 7.97. The van der Waals surface area contributed by atoms with E-state index in [4.69, 9.17) is 9.47 Å². The molecule has 0 saturated heterocycles. The summed E-state index contributed by atoms with van der Waals surface area (Å²) in [5.74, 6) is -0.311. The summed E-state index contributed by atoms with van der Waals surface area (Å²) in [6.45, 7) is 3.62. The van der Waals surface area contributed by atoms with E-state index in [2.05, 4.69) is 14.7 Å². The summed E-state index contributed by atoms with van der Waals surface area (Å²) in [5.41, 5.74) is 1.17. The van der Waals surface area contributed by atoms with Crippen LogP contribution in [0.25, 0.3) is 11.3 Å². The predicted molar refractivity (Wildman–Crippen MR) is 185 cm³/mol. The second-order valence-electron chi connectivity index (χ2n) is 13.6. The normalized spacial score (nSPS) is 19.2. The molecule has 2 aliphatic rings. The number of ether oxygens (including phenoxy) is 2. The van der Waals surface area contributed by atoms with Crippen LogP contribution >= 0.6 is 0 Å². The SMILES string of the molecule is COC(=O)N(C)[C@H]1CC[C@@H](N(C)[C@@H](COc2cc(-c3c(C)cccc3C)nc(NS(=O)(=O)c3cccc(C=O)c3)n2)CC2(C(F)(F)F)CC2)CC1. The quantitative estimate of drug-likeness (QED) is 0.189. The van der Waals surface area contributed by atoms with Gasteiger partial charge in [0.25, 0.3) is 10.0 Å². The van der Waals surface area contributed by atoms with Crippen molar-refractivity contribution < 1.29 is 40.7 Å². The van der Waals surface area contributed by atoms with Crippen LogP contribution in [0, 0.1) is 19.3 Å². The van der Waals surface area contributed by atoms with Crippen LogP contribution in [0.15, 0.2) is 53.4 Å². The van der Waals surface area contributed by atoms with Gasteiger partial charge in [-0.25, -0.2) is 22.9 Å². The van der Waals surface area contributed by atoms with Gasteiger partial charge in [-0.3, -0.25) is 9.69 Å². The molecule has 51 heavy (non-hydrogen) atoms. The van der Waals surface area contributed by atoms with E-state index < -0.39 is 33.7 Å². The Bertz CT molecular complexity index is 1820. The van der Waals surface area contributed by atoms with Gasteiger partial charge in [-0.1, -0.05) is 30.3 Å². The average molecular weight is 732 g/mol. The number of aromatic nitrogens is 2. The molecular formula is C36H44F3N5O6S. The number of rotatable bonds is 13. The van der Waals surface area contributed by atoms with Gasteiger partial charge >= 0.3 is 12.3 Å². The summed E-state index contributed by atoms with van der Waals surface area (Å²) in [6.07, 6.45) is -1.68. The molecule has 0 aliphatic heterocycles. The summed E-state index contributed by atoms with van der Waals surface area (Å²) in [6, 6.07) is 11.9. The molecule has 1 heterocycles. The number of carbonyl (C=O) groups excluding carboxylic acids is 2. The van der Waals surface area contributed by atoms with E-state index in [0.29, 0.717) is 37.7 Å². The lowest BCUT2D eigenvalue weighted by molar-refractivity contribution is -0.193. The number of amides is 1. The van der Waals surface area contributed by atoms with Crippen LogP contribution in [0.4, 0.5) is 23.9 Å². The zero-order valence-corrected chi connectivity index (χ0v) is 30.2. The molecular weight excluding hydrogens is 687 g/mol. The maximum Gasteiger partial charge on any atom is 0.409 e. The van der Waals surface area contributed by atoms with E-state index in [0.717, 1.165) is 16.7 Å². The number of anilines is 1. The molecule has 1 aromatic heterocycles. The van der Waals surface area contributed by atoms with E-state index in [1.165, 1.54) is 31.4 Å². The Morgan fingerprint density at radius 1 is 1.02 bits per heavy atom. The lowest BCUT2D eigenvalue weighted by Crippen LogP contribution is -2.49. The maximum atomic E-state index is 14.3. The largest absolute Gasteiger partial charge is 0.476 e. The van der Waals surface area contributed by atoms with Gasteiger partial charge < -0.3 is 14.4 Å². The third-order valence-electron chi connectivity index (χ3n) is 10.3. The number of nitrogens with zero attached hydrogens (tertiary/aromatic N) is 4. The first-order chi connectivity index (χ1) is 24.1. The van der Waals surface area contributed by atoms with Crippen molar-refractivity contribution in [2.75, 3.05) is 32.5 Å². The van der Waals surface area contributed by atoms with E-state index >= 15 is 0 Å². The molecule has 0 bridgehead atoms. The predicted octanol–water partition coefficient (Wildman–Crippen LogP) is 6.79. The molecule has 1 atom stereocenters. The first-order valence-electron chi connectivity index (χ1n) is 16.8. The summed E-state index contributed by atoms with van der Waals surface area (Å²) < 4.78 is 83.0. The monoisotopic (exact) mass is 731 g/mol. The van der Waals surface area contributed by atoms with Gasteiger partial charge in [0.15, 0.2) is 0 Å². The van der Waals surface area contributed by atoms with Gasteiger partial charge in [0.1, 0.15) is 12.9 Å². The molecule has 276 valence electrons. The molecule has 0 radical (unpaired) electrons. The average Bonchev–Trinajstić information content (AvgIpc) is 3.90. The van der Waals surface area contributed by atoms with Crippen LogP contribution in [0.1, 0.15) is 66.4 Å². The Balaban J connectivity index is 1.44. The second-order valence-corrected chi connectivity index (χ2v) is 15.3. The van der Waals surface area contributed by atoms with E-state index in [1.807, 2.05) is 44.0 Å². The first-order valence-corrected chi connectivity index (χ1v) is 18.3. The van der Waals surface area contributed by atoms with Gasteiger partial charge in [0.2, 0.25) is 11.8 Å².